The van der Waals surface area contributed by atoms with E-state index in [-0.39, 0.29) is 0 Å². The fourth-order valence-electron chi connectivity index (χ4n) is 1.55. The molecule has 1 aromatic carbocycles. The molecular weight excluding hydrogens is 204 g/mol. The predicted molar refractivity (Wildman–Crippen MR) is 65.8 cm³/mol. The van der Waals surface area contributed by atoms with Crippen molar-refractivity contribution in [1.29, 1.82) is 0 Å². The van der Waals surface area contributed by atoms with E-state index in [0.29, 0.717) is 0 Å². The lowest BCUT2D eigenvalue weighted by atomic mass is 10.1. The lowest BCUT2D eigenvalue weighted by Crippen LogP contribution is -2.24. The summed E-state index contributed by atoms with van der Waals surface area (Å²) in [7, 11) is -0.181. The van der Waals surface area contributed by atoms with Crippen LogP contribution in [0.1, 0.15) is 12.0 Å². The van der Waals surface area contributed by atoms with E-state index in [1.54, 1.807) is 7.11 Å². The summed E-state index contributed by atoms with van der Waals surface area (Å²) in [6, 6.07) is 9.09. The quantitative estimate of drug-likeness (QED) is 0.779. The van der Waals surface area contributed by atoms with Crippen molar-refractivity contribution < 1.29 is 9.53 Å². The Kier molecular flexibility index (Phi) is 4.36. The molecule has 0 heterocycles. The third-order valence-electron chi connectivity index (χ3n) is 2.39. The van der Waals surface area contributed by atoms with Gasteiger partial charge in [-0.05, 0) is 49.7 Å². The number of benzene rings is 1. The van der Waals surface area contributed by atoms with Gasteiger partial charge in [-0.2, -0.15) is 0 Å². The van der Waals surface area contributed by atoms with Gasteiger partial charge in [-0.1, -0.05) is 12.1 Å². The van der Waals surface area contributed by atoms with E-state index in [9.17, 15) is 4.80 Å². The number of rotatable bonds is 5. The number of ether oxygens (including phenoxy) is 1. The van der Waals surface area contributed by atoms with Crippen molar-refractivity contribution in [2.75, 3.05) is 7.11 Å². The van der Waals surface area contributed by atoms with Crippen LogP contribution in [0.4, 0.5) is 0 Å². The molecule has 2 nitrogen and oxygen atoms in total. The van der Waals surface area contributed by atoms with Crippen LogP contribution in [0, 0.1) is 0 Å². The monoisotopic (exact) mass is 224 g/mol. The van der Waals surface area contributed by atoms with E-state index >= 15 is 0 Å². The van der Waals surface area contributed by atoms with Crippen LogP contribution in [-0.2, 0) is 6.42 Å². The maximum atomic E-state index is 9.71. The second-order valence-electron chi connectivity index (χ2n) is 4.52. The highest BCUT2D eigenvalue weighted by atomic mass is 28.4. The minimum atomic E-state index is -1.86. The molecule has 0 aliphatic rings. The van der Waals surface area contributed by atoms with Crippen LogP contribution in [0.3, 0.4) is 0 Å². The predicted octanol–water partition coefficient (Wildman–Crippen LogP) is 2.83. The molecule has 3 heteroatoms. The summed E-state index contributed by atoms with van der Waals surface area (Å²) < 4.78 is 5.16. The van der Waals surface area contributed by atoms with Crippen molar-refractivity contribution in [1.82, 2.24) is 0 Å². The van der Waals surface area contributed by atoms with Gasteiger partial charge in [0.1, 0.15) is 5.75 Å². The van der Waals surface area contributed by atoms with Gasteiger partial charge in [-0.15, -0.1) is 0 Å². The second-order valence-corrected chi connectivity index (χ2v) is 8.64. The summed E-state index contributed by atoms with van der Waals surface area (Å²) in [5.74, 6) is 0.910. The Bertz CT molecular complexity index is 305. The van der Waals surface area contributed by atoms with Crippen LogP contribution >= 0.6 is 0 Å². The molecule has 0 atom stereocenters. The van der Waals surface area contributed by atoms with Gasteiger partial charge in [0, 0.05) is 0 Å². The highest BCUT2D eigenvalue weighted by molar-refractivity contribution is 6.69. The topological polar surface area (TPSA) is 29.5 Å². The Balaban J connectivity index is 2.44. The van der Waals surface area contributed by atoms with Crippen molar-refractivity contribution in [3.8, 4) is 5.75 Å². The molecule has 84 valence electrons. The Morgan fingerprint density at radius 2 is 2.07 bits per heavy atom. The van der Waals surface area contributed by atoms with Crippen LogP contribution in [0.5, 0.6) is 5.75 Å². The minimum absolute atomic E-state index is 0.910. The summed E-state index contributed by atoms with van der Waals surface area (Å²) in [4.78, 5) is 9.71. The van der Waals surface area contributed by atoms with E-state index in [1.165, 1.54) is 5.56 Å². The first kappa shape index (κ1) is 12.3. The number of methoxy groups -OCH3 is 1. The van der Waals surface area contributed by atoms with Gasteiger partial charge >= 0.3 is 0 Å². The molecule has 0 fully saturated rings. The van der Waals surface area contributed by atoms with Gasteiger partial charge < -0.3 is 9.53 Å². The maximum Gasteiger partial charge on any atom is 0.182 e. The van der Waals surface area contributed by atoms with Crippen LogP contribution in [0.25, 0.3) is 0 Å². The third-order valence-corrected chi connectivity index (χ3v) is 3.97. The fourth-order valence-corrected chi connectivity index (χ4v) is 2.60. The molecule has 0 radical (unpaired) electrons. The molecule has 0 saturated heterocycles. The Hall–Kier alpha value is -0.803. The molecule has 15 heavy (non-hydrogen) atoms. The van der Waals surface area contributed by atoms with Gasteiger partial charge in [0.15, 0.2) is 8.32 Å². The average Bonchev–Trinajstić information content (AvgIpc) is 2.16. The lowest BCUT2D eigenvalue weighted by Gasteiger charge is -2.13. The van der Waals surface area contributed by atoms with E-state index in [2.05, 4.69) is 12.1 Å². The van der Waals surface area contributed by atoms with Gasteiger partial charge in [0.05, 0.1) is 7.11 Å². The fraction of sp³-hybridized carbons (Fsp3) is 0.500. The molecule has 0 saturated carbocycles. The van der Waals surface area contributed by atoms with Crippen LogP contribution in [-0.4, -0.2) is 20.2 Å². The summed E-state index contributed by atoms with van der Waals surface area (Å²) in [5.41, 5.74) is 1.28. The van der Waals surface area contributed by atoms with E-state index in [0.717, 1.165) is 24.6 Å². The maximum absolute atomic E-state index is 9.71. The van der Waals surface area contributed by atoms with Crippen molar-refractivity contribution in [3.63, 3.8) is 0 Å². The molecule has 0 bridgehead atoms. The Labute approximate surface area is 93.0 Å². The molecule has 0 aliphatic carbocycles. The third kappa shape index (κ3) is 5.00. The molecule has 0 unspecified atom stereocenters. The normalized spacial score (nSPS) is 11.5. The van der Waals surface area contributed by atoms with Crippen molar-refractivity contribution in [2.45, 2.75) is 32.0 Å². The van der Waals surface area contributed by atoms with Gasteiger partial charge in [0.2, 0.25) is 0 Å². The van der Waals surface area contributed by atoms with Gasteiger partial charge in [-0.3, -0.25) is 0 Å². The molecular formula is C12H20O2Si. The zero-order valence-electron chi connectivity index (χ0n) is 9.79. The zero-order chi connectivity index (χ0) is 11.3. The zero-order valence-corrected chi connectivity index (χ0v) is 10.8. The molecule has 0 spiro atoms. The first-order valence-corrected chi connectivity index (χ1v) is 8.52. The van der Waals surface area contributed by atoms with Crippen molar-refractivity contribution in [2.24, 2.45) is 0 Å². The van der Waals surface area contributed by atoms with E-state index in [4.69, 9.17) is 4.74 Å². The summed E-state index contributed by atoms with van der Waals surface area (Å²) in [6.45, 7) is 3.97. The lowest BCUT2D eigenvalue weighted by molar-refractivity contribution is 0.414. The van der Waals surface area contributed by atoms with Crippen molar-refractivity contribution >= 4 is 8.32 Å². The first-order valence-electron chi connectivity index (χ1n) is 5.36. The molecule has 0 aromatic heterocycles. The van der Waals surface area contributed by atoms with E-state index in [1.807, 2.05) is 25.2 Å². The van der Waals surface area contributed by atoms with Gasteiger partial charge in [-0.25, -0.2) is 0 Å². The molecule has 1 N–H and O–H groups in total. The SMILES string of the molecule is COc1cccc(CCC[Si](C)(C)O)c1. The number of hydrogen-bond acceptors (Lipinski definition) is 2. The second kappa shape index (κ2) is 5.33. The average molecular weight is 224 g/mol. The largest absolute Gasteiger partial charge is 0.497 e. The smallest absolute Gasteiger partial charge is 0.182 e. The van der Waals surface area contributed by atoms with Crippen LogP contribution in [0.2, 0.25) is 19.1 Å². The molecule has 0 aliphatic heterocycles. The summed E-state index contributed by atoms with van der Waals surface area (Å²) in [5, 5.41) is 0. The molecule has 1 aromatic rings. The summed E-state index contributed by atoms with van der Waals surface area (Å²) in [6.07, 6.45) is 2.08. The highest BCUT2D eigenvalue weighted by Gasteiger charge is 2.15. The molecule has 1 rings (SSSR count). The van der Waals surface area contributed by atoms with E-state index < -0.39 is 8.32 Å². The molecule has 0 amide bonds. The first-order chi connectivity index (χ1) is 7.01. The Morgan fingerprint density at radius 3 is 2.67 bits per heavy atom. The summed E-state index contributed by atoms with van der Waals surface area (Å²) >= 11 is 0. The Morgan fingerprint density at radius 1 is 1.33 bits per heavy atom. The van der Waals surface area contributed by atoms with Crippen LogP contribution in [0.15, 0.2) is 24.3 Å². The highest BCUT2D eigenvalue weighted by Crippen LogP contribution is 2.16. The van der Waals surface area contributed by atoms with Crippen LogP contribution < -0.4 is 4.74 Å². The standard InChI is InChI=1S/C12H20O2Si/c1-14-12-8-4-6-11(10-12)7-5-9-15(2,3)13/h4,6,8,10,13H,5,7,9H2,1-3H3. The number of hydrogen-bond donors (Lipinski definition) is 1. The number of aryl methyl sites for hydroxylation is 1. The van der Waals surface area contributed by atoms with Crippen molar-refractivity contribution in [3.05, 3.63) is 29.8 Å². The van der Waals surface area contributed by atoms with Gasteiger partial charge in [0.25, 0.3) is 0 Å². The minimum Gasteiger partial charge on any atom is -0.497 e.